The van der Waals surface area contributed by atoms with E-state index < -0.39 is 0 Å². The largest absolute Gasteiger partial charge is 0.358 e. The van der Waals surface area contributed by atoms with E-state index in [1.54, 1.807) is 24.4 Å². The molecule has 1 atom stereocenters. The topological polar surface area (TPSA) is 70.7 Å². The Labute approximate surface area is 138 Å². The van der Waals surface area contributed by atoms with Crippen LogP contribution < -0.4 is 5.32 Å². The summed E-state index contributed by atoms with van der Waals surface area (Å²) < 4.78 is 1.49. The molecule has 0 spiro atoms. The highest BCUT2D eigenvalue weighted by atomic mass is 35.5. The van der Waals surface area contributed by atoms with E-state index in [4.69, 9.17) is 23.2 Å². The Kier molecular flexibility index (Phi) is 5.07. The first-order valence-corrected chi connectivity index (χ1v) is 7.44. The zero-order chi connectivity index (χ0) is 16.3. The Morgan fingerprint density at radius 1 is 1.50 bits per heavy atom. The molecule has 114 valence electrons. The maximum absolute atomic E-state index is 11.5. The third-order valence-corrected chi connectivity index (χ3v) is 3.74. The number of halogens is 2. The van der Waals surface area contributed by atoms with Gasteiger partial charge in [0.05, 0.1) is 22.9 Å². The van der Waals surface area contributed by atoms with Crippen molar-refractivity contribution in [1.82, 2.24) is 9.78 Å². The Bertz CT molecular complexity index is 748. The Morgan fingerprint density at radius 3 is 2.77 bits per heavy atom. The second kappa shape index (κ2) is 6.82. The van der Waals surface area contributed by atoms with Gasteiger partial charge in [0.2, 0.25) is 0 Å². The first-order chi connectivity index (χ1) is 10.5. The van der Waals surface area contributed by atoms with Crippen molar-refractivity contribution in [3.8, 4) is 11.8 Å². The van der Waals surface area contributed by atoms with Crippen molar-refractivity contribution in [3.63, 3.8) is 0 Å². The molecule has 1 aromatic carbocycles. The minimum atomic E-state index is -0.379. The summed E-state index contributed by atoms with van der Waals surface area (Å²) >= 11 is 12.0. The lowest BCUT2D eigenvalue weighted by atomic mass is 10.1. The van der Waals surface area contributed by atoms with Crippen molar-refractivity contribution < 1.29 is 4.79 Å². The van der Waals surface area contributed by atoms with Gasteiger partial charge in [-0.3, -0.25) is 4.79 Å². The SMILES string of the molecule is CCC(Nc1nn(-c2ccc(Cl)cc2Cl)cc1C#N)C(C)=O. The molecular weight excluding hydrogens is 323 g/mol. The van der Waals surface area contributed by atoms with Crippen LogP contribution in [0.15, 0.2) is 24.4 Å². The van der Waals surface area contributed by atoms with Gasteiger partial charge in [-0.05, 0) is 31.5 Å². The molecular formula is C15H14Cl2N4O. The molecule has 2 aromatic rings. The van der Waals surface area contributed by atoms with Crippen LogP contribution in [0, 0.1) is 11.3 Å². The standard InChI is InChI=1S/C15H14Cl2N4O/c1-3-13(9(2)22)19-15-10(7-18)8-21(20-15)14-5-4-11(16)6-12(14)17/h4-6,8,13H,3H2,1-2H3,(H,19,20). The van der Waals surface area contributed by atoms with E-state index in [9.17, 15) is 10.1 Å². The van der Waals surface area contributed by atoms with Gasteiger partial charge >= 0.3 is 0 Å². The minimum Gasteiger partial charge on any atom is -0.358 e. The third-order valence-electron chi connectivity index (χ3n) is 3.20. The van der Waals surface area contributed by atoms with Crippen LogP contribution in [0.25, 0.3) is 5.69 Å². The zero-order valence-electron chi connectivity index (χ0n) is 12.1. The first kappa shape index (κ1) is 16.3. The van der Waals surface area contributed by atoms with Crippen molar-refractivity contribution in [1.29, 1.82) is 5.26 Å². The summed E-state index contributed by atoms with van der Waals surface area (Å²) in [7, 11) is 0. The number of Topliss-reactive ketones (excluding diaryl/α,β-unsaturated/α-hetero) is 1. The fraction of sp³-hybridized carbons (Fsp3) is 0.267. The number of ketones is 1. The maximum atomic E-state index is 11.5. The number of nitrogens with zero attached hydrogens (tertiary/aromatic N) is 3. The molecule has 22 heavy (non-hydrogen) atoms. The number of carbonyl (C=O) groups excluding carboxylic acids is 1. The summed E-state index contributed by atoms with van der Waals surface area (Å²) in [5.74, 6) is 0.348. The van der Waals surface area contributed by atoms with Crippen LogP contribution in [-0.4, -0.2) is 21.6 Å². The zero-order valence-corrected chi connectivity index (χ0v) is 13.6. The molecule has 0 amide bonds. The van der Waals surface area contributed by atoms with E-state index in [0.29, 0.717) is 33.5 Å². The van der Waals surface area contributed by atoms with Crippen LogP contribution in [0.3, 0.4) is 0 Å². The highest BCUT2D eigenvalue weighted by Crippen LogP contribution is 2.26. The molecule has 1 heterocycles. The van der Waals surface area contributed by atoms with Crippen molar-refractivity contribution in [2.75, 3.05) is 5.32 Å². The average Bonchev–Trinajstić information content (AvgIpc) is 2.87. The van der Waals surface area contributed by atoms with E-state index in [-0.39, 0.29) is 11.8 Å². The van der Waals surface area contributed by atoms with Crippen molar-refractivity contribution in [2.24, 2.45) is 0 Å². The number of nitriles is 1. The quantitative estimate of drug-likeness (QED) is 0.900. The van der Waals surface area contributed by atoms with Crippen LogP contribution in [0.4, 0.5) is 5.82 Å². The number of benzene rings is 1. The van der Waals surface area contributed by atoms with Gasteiger partial charge in [-0.15, -0.1) is 5.10 Å². The molecule has 0 saturated heterocycles. The van der Waals surface area contributed by atoms with E-state index in [2.05, 4.69) is 16.5 Å². The highest BCUT2D eigenvalue weighted by Gasteiger charge is 2.17. The molecule has 0 aliphatic rings. The summed E-state index contributed by atoms with van der Waals surface area (Å²) in [6.07, 6.45) is 2.17. The number of hydrogen-bond donors (Lipinski definition) is 1. The molecule has 0 aliphatic heterocycles. The first-order valence-electron chi connectivity index (χ1n) is 6.68. The summed E-state index contributed by atoms with van der Waals surface area (Å²) in [4.78, 5) is 11.5. The van der Waals surface area contributed by atoms with Gasteiger partial charge in [0.15, 0.2) is 11.6 Å². The number of aromatic nitrogens is 2. The summed E-state index contributed by atoms with van der Waals surface area (Å²) in [5, 5.41) is 17.5. The van der Waals surface area contributed by atoms with E-state index in [1.165, 1.54) is 11.6 Å². The van der Waals surface area contributed by atoms with Crippen molar-refractivity contribution >= 4 is 34.8 Å². The van der Waals surface area contributed by atoms with Gasteiger partial charge < -0.3 is 5.32 Å². The molecule has 0 radical (unpaired) electrons. The molecule has 1 aromatic heterocycles. The van der Waals surface area contributed by atoms with Gasteiger partial charge in [-0.1, -0.05) is 30.1 Å². The predicted octanol–water partition coefficient (Wildman–Crippen LogP) is 3.83. The molecule has 0 aliphatic carbocycles. The van der Waals surface area contributed by atoms with Crippen molar-refractivity contribution in [2.45, 2.75) is 26.3 Å². The van der Waals surface area contributed by atoms with Gasteiger partial charge in [0, 0.05) is 5.02 Å². The molecule has 1 unspecified atom stereocenters. The number of nitrogens with one attached hydrogen (secondary N) is 1. The lowest BCUT2D eigenvalue weighted by molar-refractivity contribution is -0.117. The molecule has 7 heteroatoms. The normalized spacial score (nSPS) is 11.8. The Morgan fingerprint density at radius 2 is 2.23 bits per heavy atom. The van der Waals surface area contributed by atoms with Crippen LogP contribution in [-0.2, 0) is 4.79 Å². The molecule has 1 N–H and O–H groups in total. The van der Waals surface area contributed by atoms with E-state index in [1.807, 2.05) is 6.92 Å². The average molecular weight is 337 g/mol. The van der Waals surface area contributed by atoms with Gasteiger partial charge in [-0.25, -0.2) is 4.68 Å². The molecule has 0 bridgehead atoms. The summed E-state index contributed by atoms with van der Waals surface area (Å²) in [6.45, 7) is 3.39. The lowest BCUT2D eigenvalue weighted by Crippen LogP contribution is -2.27. The monoisotopic (exact) mass is 336 g/mol. The number of rotatable bonds is 5. The predicted molar refractivity (Wildman–Crippen MR) is 86.7 cm³/mol. The van der Waals surface area contributed by atoms with Gasteiger partial charge in [-0.2, -0.15) is 5.26 Å². The second-order valence-electron chi connectivity index (χ2n) is 4.76. The van der Waals surface area contributed by atoms with Crippen LogP contribution in [0.5, 0.6) is 0 Å². The molecule has 5 nitrogen and oxygen atoms in total. The highest BCUT2D eigenvalue weighted by molar-refractivity contribution is 6.35. The van der Waals surface area contributed by atoms with Gasteiger partial charge in [0.25, 0.3) is 0 Å². The maximum Gasteiger partial charge on any atom is 0.167 e. The fourth-order valence-corrected chi connectivity index (χ4v) is 2.50. The number of carbonyl (C=O) groups is 1. The fourth-order valence-electron chi connectivity index (χ4n) is 2.01. The van der Waals surface area contributed by atoms with Gasteiger partial charge in [0.1, 0.15) is 11.6 Å². The molecule has 2 rings (SSSR count). The third kappa shape index (κ3) is 3.41. The molecule has 0 saturated carbocycles. The van der Waals surface area contributed by atoms with E-state index in [0.717, 1.165) is 0 Å². The second-order valence-corrected chi connectivity index (χ2v) is 5.60. The number of anilines is 1. The molecule has 0 fully saturated rings. The van der Waals surface area contributed by atoms with E-state index >= 15 is 0 Å². The number of hydrogen-bond acceptors (Lipinski definition) is 4. The minimum absolute atomic E-state index is 0.00883. The summed E-state index contributed by atoms with van der Waals surface area (Å²) in [5.41, 5.74) is 0.942. The lowest BCUT2D eigenvalue weighted by Gasteiger charge is -2.12. The Balaban J connectivity index is 2.40. The van der Waals surface area contributed by atoms with Crippen LogP contribution in [0.1, 0.15) is 25.8 Å². The van der Waals surface area contributed by atoms with Crippen molar-refractivity contribution in [3.05, 3.63) is 40.0 Å². The van der Waals surface area contributed by atoms with Crippen LogP contribution >= 0.6 is 23.2 Å². The smallest absolute Gasteiger partial charge is 0.167 e. The summed E-state index contributed by atoms with van der Waals surface area (Å²) in [6, 6.07) is 6.68. The Hall–Kier alpha value is -2.03. The van der Waals surface area contributed by atoms with Crippen LogP contribution in [0.2, 0.25) is 10.0 Å².